The molecule has 1 aromatic carbocycles. The molecule has 0 aliphatic heterocycles. The second-order valence-corrected chi connectivity index (χ2v) is 3.40. The molecule has 0 radical (unpaired) electrons. The number of anilines is 1. The normalized spacial score (nSPS) is 8.35. The van der Waals surface area contributed by atoms with Crippen LogP contribution < -0.4 is 5.32 Å². The minimum absolute atomic E-state index is 0. The fraction of sp³-hybridized carbons (Fsp3) is 0.182. The summed E-state index contributed by atoms with van der Waals surface area (Å²) in [5, 5.41) is 3.05. The number of alkyl halides is 1. The molecule has 3 nitrogen and oxygen atoms in total. The van der Waals surface area contributed by atoms with Gasteiger partial charge in [0.15, 0.2) is 6.61 Å². The van der Waals surface area contributed by atoms with Gasteiger partial charge in [-0.2, -0.15) is 0 Å². The van der Waals surface area contributed by atoms with Crippen molar-refractivity contribution in [3.8, 4) is 11.8 Å². The van der Waals surface area contributed by atoms with Crippen molar-refractivity contribution in [1.82, 2.24) is 0 Å². The average Bonchev–Trinajstić information content (AvgIpc) is 2.24. The molecule has 0 heterocycles. The Morgan fingerprint density at radius 3 is 2.82 bits per heavy atom. The van der Waals surface area contributed by atoms with E-state index in [0.29, 0.717) is 10.7 Å². The molecule has 0 aliphatic carbocycles. The number of rotatable bonds is 2. The summed E-state index contributed by atoms with van der Waals surface area (Å²) >= 11 is 11.1. The Kier molecular flexibility index (Phi) is 8.71. The van der Waals surface area contributed by atoms with Crippen molar-refractivity contribution >= 4 is 35.0 Å². The molecule has 0 unspecified atom stereocenters. The first kappa shape index (κ1) is 16.1. The summed E-state index contributed by atoms with van der Waals surface area (Å²) in [6.45, 7) is 0.0130. The molecule has 94 valence electrons. The summed E-state index contributed by atoms with van der Waals surface area (Å²) < 4.78 is 4.76. The van der Waals surface area contributed by atoms with Gasteiger partial charge in [0.1, 0.15) is 0 Å². The molecular weight excluding hydrogens is 308 g/mol. The van der Waals surface area contributed by atoms with Gasteiger partial charge >= 0.3 is 6.09 Å². The standard InChI is InChI=1S/C11H9Cl2NO2.Ni/c12-6-1-2-7-16-11(15)14-10-5-3-4-9(13)8-10;/h3-5,8H,6-7H2,(H,14,15);. The molecule has 1 N–H and O–H groups in total. The van der Waals surface area contributed by atoms with Crippen LogP contribution in [0.1, 0.15) is 0 Å². The maximum absolute atomic E-state index is 11.2. The predicted octanol–water partition coefficient (Wildman–Crippen LogP) is 3.13. The van der Waals surface area contributed by atoms with Crippen LogP contribution in [0.25, 0.3) is 0 Å². The number of nitrogens with one attached hydrogen (secondary N) is 1. The van der Waals surface area contributed by atoms with E-state index < -0.39 is 6.09 Å². The maximum atomic E-state index is 11.2. The number of hydrogen-bond acceptors (Lipinski definition) is 2. The van der Waals surface area contributed by atoms with Crippen LogP contribution in [0, 0.1) is 11.8 Å². The summed E-state index contributed by atoms with van der Waals surface area (Å²) in [6, 6.07) is 6.76. The van der Waals surface area contributed by atoms with E-state index in [2.05, 4.69) is 17.2 Å². The Bertz CT molecular complexity index is 429. The van der Waals surface area contributed by atoms with Crippen molar-refractivity contribution in [2.75, 3.05) is 17.8 Å². The summed E-state index contributed by atoms with van der Waals surface area (Å²) in [7, 11) is 0. The third kappa shape index (κ3) is 7.12. The first-order valence-electron chi connectivity index (χ1n) is 4.43. The zero-order valence-electron chi connectivity index (χ0n) is 8.61. The quantitative estimate of drug-likeness (QED) is 0.517. The topological polar surface area (TPSA) is 38.3 Å². The van der Waals surface area contributed by atoms with E-state index in [1.165, 1.54) is 0 Å². The molecule has 1 aromatic rings. The van der Waals surface area contributed by atoms with Crippen molar-refractivity contribution < 1.29 is 26.0 Å². The summed E-state index contributed by atoms with van der Waals surface area (Å²) in [6.07, 6.45) is -0.578. The number of halogens is 2. The van der Waals surface area contributed by atoms with Crippen LogP contribution in [0.4, 0.5) is 10.5 Å². The maximum Gasteiger partial charge on any atom is 0.412 e. The molecule has 0 spiro atoms. The van der Waals surface area contributed by atoms with Gasteiger partial charge < -0.3 is 4.74 Å². The van der Waals surface area contributed by atoms with Crippen LogP contribution in [0.15, 0.2) is 24.3 Å². The van der Waals surface area contributed by atoms with Crippen molar-refractivity contribution in [3.05, 3.63) is 29.3 Å². The first-order valence-corrected chi connectivity index (χ1v) is 5.34. The summed E-state index contributed by atoms with van der Waals surface area (Å²) in [5.41, 5.74) is 0.572. The Labute approximate surface area is 120 Å². The second kappa shape index (κ2) is 9.18. The fourth-order valence-electron chi connectivity index (χ4n) is 0.920. The van der Waals surface area contributed by atoms with Gasteiger partial charge in [0, 0.05) is 27.2 Å². The molecule has 1 amide bonds. The number of amides is 1. The molecule has 0 saturated carbocycles. The summed E-state index contributed by atoms with van der Waals surface area (Å²) in [5.74, 6) is 5.36. The molecule has 6 heteroatoms. The third-order valence-corrected chi connectivity index (χ3v) is 1.91. The van der Waals surface area contributed by atoms with Gasteiger partial charge in [-0.05, 0) is 18.2 Å². The molecule has 0 bridgehead atoms. The van der Waals surface area contributed by atoms with E-state index in [9.17, 15) is 4.79 Å². The zero-order chi connectivity index (χ0) is 11.8. The first-order chi connectivity index (χ1) is 7.72. The van der Waals surface area contributed by atoms with Crippen molar-refractivity contribution in [2.24, 2.45) is 0 Å². The molecule has 17 heavy (non-hydrogen) atoms. The molecule has 0 fully saturated rings. The molecule has 0 aliphatic rings. The fourth-order valence-corrected chi connectivity index (χ4v) is 1.20. The van der Waals surface area contributed by atoms with Crippen LogP contribution in [0.2, 0.25) is 5.02 Å². The van der Waals surface area contributed by atoms with Gasteiger partial charge in [-0.3, -0.25) is 5.32 Å². The van der Waals surface area contributed by atoms with E-state index in [0.717, 1.165) is 0 Å². The molecule has 0 atom stereocenters. The van der Waals surface area contributed by atoms with Crippen molar-refractivity contribution in [1.29, 1.82) is 0 Å². The van der Waals surface area contributed by atoms with Gasteiger partial charge in [-0.1, -0.05) is 29.5 Å². The van der Waals surface area contributed by atoms with Gasteiger partial charge in [0.05, 0.1) is 5.88 Å². The summed E-state index contributed by atoms with van der Waals surface area (Å²) in [4.78, 5) is 11.2. The van der Waals surface area contributed by atoms with E-state index in [1.807, 2.05) is 0 Å². The second-order valence-electron chi connectivity index (χ2n) is 2.70. The van der Waals surface area contributed by atoms with Crippen molar-refractivity contribution in [2.45, 2.75) is 0 Å². The van der Waals surface area contributed by atoms with Crippen LogP contribution in [0.5, 0.6) is 0 Å². The van der Waals surface area contributed by atoms with Crippen LogP contribution in [-0.4, -0.2) is 18.6 Å². The number of carbonyl (C=O) groups is 1. The van der Waals surface area contributed by atoms with E-state index in [1.54, 1.807) is 24.3 Å². The monoisotopic (exact) mass is 315 g/mol. The average molecular weight is 317 g/mol. The predicted molar refractivity (Wildman–Crippen MR) is 64.9 cm³/mol. The zero-order valence-corrected chi connectivity index (χ0v) is 11.1. The van der Waals surface area contributed by atoms with Gasteiger partial charge in [0.25, 0.3) is 0 Å². The molecule has 1 rings (SSSR count). The minimum atomic E-state index is -0.578. The number of ether oxygens (including phenoxy) is 1. The van der Waals surface area contributed by atoms with Crippen LogP contribution in [-0.2, 0) is 21.2 Å². The molecule has 0 aromatic heterocycles. The Hall–Kier alpha value is -0.876. The van der Waals surface area contributed by atoms with Crippen molar-refractivity contribution in [3.63, 3.8) is 0 Å². The SMILES string of the molecule is O=C(Nc1cccc(Cl)c1)OCC#CCCl.[Ni]. The molecular formula is C11H9Cl2NNiO2. The van der Waals surface area contributed by atoms with Gasteiger partial charge in [-0.15, -0.1) is 11.6 Å². The molecule has 0 saturated heterocycles. The number of hydrogen-bond donors (Lipinski definition) is 1. The minimum Gasteiger partial charge on any atom is -0.436 e. The Balaban J connectivity index is 0.00000256. The third-order valence-electron chi connectivity index (χ3n) is 1.54. The van der Waals surface area contributed by atoms with Gasteiger partial charge in [0.2, 0.25) is 0 Å². The van der Waals surface area contributed by atoms with E-state index >= 15 is 0 Å². The van der Waals surface area contributed by atoms with Gasteiger partial charge in [-0.25, -0.2) is 4.79 Å². The number of benzene rings is 1. The van der Waals surface area contributed by atoms with E-state index in [4.69, 9.17) is 27.9 Å². The number of carbonyl (C=O) groups excluding carboxylic acids is 1. The van der Waals surface area contributed by atoms with Crippen LogP contribution in [0.3, 0.4) is 0 Å². The van der Waals surface area contributed by atoms with Crippen LogP contribution >= 0.6 is 23.2 Å². The van der Waals surface area contributed by atoms with E-state index in [-0.39, 0.29) is 29.0 Å². The smallest absolute Gasteiger partial charge is 0.412 e. The largest absolute Gasteiger partial charge is 0.436 e. The Morgan fingerprint density at radius 2 is 2.18 bits per heavy atom. The Morgan fingerprint density at radius 1 is 1.41 bits per heavy atom.